The van der Waals surface area contributed by atoms with Crippen molar-refractivity contribution >= 4 is 17.5 Å². The molecule has 0 aliphatic rings. The summed E-state index contributed by atoms with van der Waals surface area (Å²) in [6.45, 7) is 5.18. The molecule has 0 atom stereocenters. The molecule has 0 spiro atoms. The van der Waals surface area contributed by atoms with Crippen LogP contribution in [-0.4, -0.2) is 33.1 Å². The van der Waals surface area contributed by atoms with Gasteiger partial charge in [0.2, 0.25) is 0 Å². The first-order valence-electron chi connectivity index (χ1n) is 5.31. The molecular formula is C11H15N3O4. The molecule has 0 fully saturated rings. The zero-order valence-corrected chi connectivity index (χ0v) is 10.5. The Bertz CT molecular complexity index is 468. The molecule has 1 N–H and O–H groups in total. The van der Waals surface area contributed by atoms with Gasteiger partial charge in [0.25, 0.3) is 5.69 Å². The number of carboxylic acids is 1. The van der Waals surface area contributed by atoms with Crippen molar-refractivity contribution in [3.63, 3.8) is 0 Å². The van der Waals surface area contributed by atoms with Crippen LogP contribution in [0.25, 0.3) is 0 Å². The van der Waals surface area contributed by atoms with Gasteiger partial charge in [-0.25, -0.2) is 4.98 Å². The Hall–Kier alpha value is -2.18. The quantitative estimate of drug-likeness (QED) is 0.647. The molecule has 1 heterocycles. The molecule has 0 saturated heterocycles. The maximum atomic E-state index is 10.8. The Morgan fingerprint density at radius 1 is 1.56 bits per heavy atom. The molecular weight excluding hydrogens is 238 g/mol. The SMILES string of the molecule is CC(C)(C)N(CC(=O)O)c1cc([N+](=O)[O-])ccn1. The number of nitro groups is 1. The van der Waals surface area contributed by atoms with Crippen LogP contribution >= 0.6 is 0 Å². The Labute approximate surface area is 104 Å². The number of pyridine rings is 1. The zero-order chi connectivity index (χ0) is 13.9. The van der Waals surface area contributed by atoms with E-state index < -0.39 is 16.4 Å². The number of anilines is 1. The van der Waals surface area contributed by atoms with Gasteiger partial charge < -0.3 is 10.0 Å². The van der Waals surface area contributed by atoms with Gasteiger partial charge >= 0.3 is 5.97 Å². The van der Waals surface area contributed by atoms with Crippen LogP contribution in [0, 0.1) is 10.1 Å². The maximum absolute atomic E-state index is 10.8. The number of hydrogen-bond donors (Lipinski definition) is 1. The van der Waals surface area contributed by atoms with Gasteiger partial charge in [0, 0.05) is 17.8 Å². The first-order valence-corrected chi connectivity index (χ1v) is 5.31. The summed E-state index contributed by atoms with van der Waals surface area (Å²) in [6, 6.07) is 2.54. The predicted molar refractivity (Wildman–Crippen MR) is 65.6 cm³/mol. The van der Waals surface area contributed by atoms with Gasteiger partial charge in [-0.1, -0.05) is 0 Å². The summed E-state index contributed by atoms with van der Waals surface area (Å²) in [6.07, 6.45) is 1.30. The molecule has 7 nitrogen and oxygen atoms in total. The fraction of sp³-hybridized carbons (Fsp3) is 0.455. The summed E-state index contributed by atoms with van der Waals surface area (Å²) in [5, 5.41) is 19.6. The third-order valence-electron chi connectivity index (χ3n) is 2.32. The summed E-state index contributed by atoms with van der Waals surface area (Å²) < 4.78 is 0. The minimum absolute atomic E-state index is 0.111. The number of nitrogens with zero attached hydrogens (tertiary/aromatic N) is 3. The molecule has 98 valence electrons. The second kappa shape index (κ2) is 4.99. The van der Waals surface area contributed by atoms with E-state index in [2.05, 4.69) is 4.98 Å². The number of carbonyl (C=O) groups is 1. The molecule has 0 bridgehead atoms. The minimum Gasteiger partial charge on any atom is -0.480 e. The van der Waals surface area contributed by atoms with E-state index in [9.17, 15) is 14.9 Å². The van der Waals surface area contributed by atoms with Crippen molar-refractivity contribution in [2.45, 2.75) is 26.3 Å². The van der Waals surface area contributed by atoms with E-state index in [1.165, 1.54) is 23.2 Å². The lowest BCUT2D eigenvalue weighted by Gasteiger charge is -2.35. The molecule has 1 aromatic heterocycles. The van der Waals surface area contributed by atoms with Crippen LogP contribution < -0.4 is 4.90 Å². The van der Waals surface area contributed by atoms with Gasteiger partial charge in [-0.15, -0.1) is 0 Å². The highest BCUT2D eigenvalue weighted by molar-refractivity contribution is 5.74. The molecule has 0 aromatic carbocycles. The Morgan fingerprint density at radius 3 is 2.61 bits per heavy atom. The molecule has 0 radical (unpaired) electrons. The van der Waals surface area contributed by atoms with Crippen molar-refractivity contribution in [3.05, 3.63) is 28.4 Å². The molecule has 0 unspecified atom stereocenters. The van der Waals surface area contributed by atoms with Crippen molar-refractivity contribution in [2.24, 2.45) is 0 Å². The number of rotatable bonds is 4. The van der Waals surface area contributed by atoms with Crippen LogP contribution in [0.1, 0.15) is 20.8 Å². The largest absolute Gasteiger partial charge is 0.480 e. The van der Waals surface area contributed by atoms with Crippen molar-refractivity contribution in [1.82, 2.24) is 4.98 Å². The fourth-order valence-corrected chi connectivity index (χ4v) is 1.47. The van der Waals surface area contributed by atoms with Crippen molar-refractivity contribution < 1.29 is 14.8 Å². The number of aliphatic carboxylic acids is 1. The third-order valence-corrected chi connectivity index (χ3v) is 2.32. The van der Waals surface area contributed by atoms with Crippen LogP contribution in [-0.2, 0) is 4.79 Å². The summed E-state index contributed by atoms with van der Waals surface area (Å²) in [5.74, 6) is -0.739. The standard InChI is InChI=1S/C11H15N3O4/c1-11(2,3)13(7-10(15)16)9-6-8(14(17)18)4-5-12-9/h4-6H,7H2,1-3H3,(H,15,16). The number of carboxylic acid groups (broad SMARTS) is 1. The van der Waals surface area contributed by atoms with Crippen LogP contribution in [0.5, 0.6) is 0 Å². The molecule has 7 heteroatoms. The summed E-state index contributed by atoms with van der Waals surface area (Å²) in [7, 11) is 0. The summed E-state index contributed by atoms with van der Waals surface area (Å²) >= 11 is 0. The molecule has 0 saturated carbocycles. The van der Waals surface area contributed by atoms with E-state index in [1.807, 2.05) is 20.8 Å². The molecule has 1 rings (SSSR count). The first-order chi connectivity index (χ1) is 8.21. The van der Waals surface area contributed by atoms with Crippen LogP contribution in [0.2, 0.25) is 0 Å². The van der Waals surface area contributed by atoms with Gasteiger partial charge in [-0.3, -0.25) is 14.9 Å². The van der Waals surface area contributed by atoms with Gasteiger partial charge in [-0.05, 0) is 20.8 Å². The highest BCUT2D eigenvalue weighted by Crippen LogP contribution is 2.24. The monoisotopic (exact) mass is 253 g/mol. The van der Waals surface area contributed by atoms with Crippen LogP contribution in [0.15, 0.2) is 18.3 Å². The Balaban J connectivity index is 3.17. The fourth-order valence-electron chi connectivity index (χ4n) is 1.47. The van der Waals surface area contributed by atoms with E-state index in [4.69, 9.17) is 5.11 Å². The lowest BCUT2D eigenvalue weighted by molar-refractivity contribution is -0.384. The highest BCUT2D eigenvalue weighted by Gasteiger charge is 2.26. The second-order valence-electron chi connectivity index (χ2n) is 4.78. The van der Waals surface area contributed by atoms with E-state index in [0.717, 1.165) is 0 Å². The van der Waals surface area contributed by atoms with Crippen LogP contribution in [0.3, 0.4) is 0 Å². The summed E-state index contributed by atoms with van der Waals surface area (Å²) in [5.41, 5.74) is -0.611. The van der Waals surface area contributed by atoms with Crippen molar-refractivity contribution in [2.75, 3.05) is 11.4 Å². The van der Waals surface area contributed by atoms with E-state index in [1.54, 1.807) is 0 Å². The van der Waals surface area contributed by atoms with E-state index in [-0.39, 0.29) is 18.1 Å². The smallest absolute Gasteiger partial charge is 0.323 e. The average molecular weight is 253 g/mol. The Kier molecular flexibility index (Phi) is 3.85. The molecule has 1 aromatic rings. The molecule has 0 aliphatic carbocycles. The van der Waals surface area contributed by atoms with Gasteiger partial charge in [0.05, 0.1) is 11.0 Å². The van der Waals surface area contributed by atoms with Gasteiger partial charge in [0.1, 0.15) is 12.4 Å². The van der Waals surface area contributed by atoms with Gasteiger partial charge in [-0.2, -0.15) is 0 Å². The van der Waals surface area contributed by atoms with Crippen molar-refractivity contribution in [3.8, 4) is 0 Å². The Morgan fingerprint density at radius 2 is 2.17 bits per heavy atom. The second-order valence-corrected chi connectivity index (χ2v) is 4.78. The normalized spacial score (nSPS) is 11.1. The minimum atomic E-state index is -1.02. The van der Waals surface area contributed by atoms with Crippen molar-refractivity contribution in [1.29, 1.82) is 0 Å². The molecule has 18 heavy (non-hydrogen) atoms. The van der Waals surface area contributed by atoms with E-state index in [0.29, 0.717) is 0 Å². The van der Waals surface area contributed by atoms with Gasteiger partial charge in [0.15, 0.2) is 0 Å². The number of hydrogen-bond acceptors (Lipinski definition) is 5. The van der Waals surface area contributed by atoms with Crippen LogP contribution in [0.4, 0.5) is 11.5 Å². The lowest BCUT2D eigenvalue weighted by Crippen LogP contribution is -2.45. The third kappa shape index (κ3) is 3.41. The van der Waals surface area contributed by atoms with E-state index >= 15 is 0 Å². The number of aromatic nitrogens is 1. The highest BCUT2D eigenvalue weighted by atomic mass is 16.6. The average Bonchev–Trinajstić information content (AvgIpc) is 2.24. The first kappa shape index (κ1) is 13.9. The lowest BCUT2D eigenvalue weighted by atomic mass is 10.1. The topological polar surface area (TPSA) is 96.6 Å². The zero-order valence-electron chi connectivity index (χ0n) is 10.5. The summed E-state index contributed by atoms with van der Waals surface area (Å²) in [4.78, 5) is 26.5. The molecule has 0 aliphatic heterocycles. The molecule has 0 amide bonds. The predicted octanol–water partition coefficient (Wildman–Crippen LogP) is 1.68. The maximum Gasteiger partial charge on any atom is 0.323 e.